The predicted octanol–water partition coefficient (Wildman–Crippen LogP) is 2.91. The molecular formula is C10H12FNOSi. The van der Waals surface area contributed by atoms with Crippen molar-refractivity contribution in [3.05, 3.63) is 29.6 Å². The number of halogens is 1. The smallest absolute Gasteiger partial charge is 0.242 e. The van der Waals surface area contributed by atoms with E-state index in [1.807, 2.05) is 19.6 Å². The van der Waals surface area contributed by atoms with Crippen LogP contribution in [0, 0.1) is 17.1 Å². The minimum Gasteiger partial charge on any atom is -0.544 e. The maximum absolute atomic E-state index is 13.1. The van der Waals surface area contributed by atoms with Crippen molar-refractivity contribution < 1.29 is 8.82 Å². The van der Waals surface area contributed by atoms with E-state index in [1.54, 1.807) is 12.1 Å². The highest BCUT2D eigenvalue weighted by atomic mass is 28.4. The number of hydrogen-bond acceptors (Lipinski definition) is 2. The van der Waals surface area contributed by atoms with Crippen LogP contribution >= 0.6 is 0 Å². The Morgan fingerprint density at radius 1 is 1.36 bits per heavy atom. The van der Waals surface area contributed by atoms with Gasteiger partial charge >= 0.3 is 0 Å². The van der Waals surface area contributed by atoms with Crippen molar-refractivity contribution in [2.75, 3.05) is 0 Å². The van der Waals surface area contributed by atoms with Crippen LogP contribution in [-0.2, 0) is 0 Å². The van der Waals surface area contributed by atoms with Gasteiger partial charge < -0.3 is 4.43 Å². The van der Waals surface area contributed by atoms with E-state index in [4.69, 9.17) is 9.69 Å². The third-order valence-corrected chi connectivity index (χ3v) is 2.33. The van der Waals surface area contributed by atoms with E-state index < -0.39 is 14.1 Å². The lowest BCUT2D eigenvalue weighted by molar-refractivity contribution is 0.544. The van der Waals surface area contributed by atoms with Gasteiger partial charge in [-0.25, -0.2) is 4.39 Å². The van der Waals surface area contributed by atoms with E-state index in [0.29, 0.717) is 5.75 Å². The average Bonchev–Trinajstić information content (AvgIpc) is 2.01. The molecule has 0 fully saturated rings. The van der Waals surface area contributed by atoms with Gasteiger partial charge in [0.1, 0.15) is 17.6 Å². The predicted molar refractivity (Wildman–Crippen MR) is 55.1 cm³/mol. The molecule has 0 bridgehead atoms. The number of rotatable bonds is 2. The molecule has 0 spiro atoms. The SMILES string of the molecule is C[Si](C)(C)Oc1ccc(C#N)c(F)c1. The fourth-order valence-corrected chi connectivity index (χ4v) is 1.84. The fourth-order valence-electron chi connectivity index (χ4n) is 1.00. The lowest BCUT2D eigenvalue weighted by atomic mass is 10.2. The highest BCUT2D eigenvalue weighted by Crippen LogP contribution is 2.19. The molecule has 1 aromatic rings. The molecule has 0 aromatic heterocycles. The second-order valence-corrected chi connectivity index (χ2v) is 8.40. The maximum atomic E-state index is 13.1. The summed E-state index contributed by atoms with van der Waals surface area (Å²) in [7, 11) is -1.70. The standard InChI is InChI=1S/C10H12FNOSi/c1-14(2,3)13-9-5-4-8(7-12)10(11)6-9/h4-6H,1-3H3. The highest BCUT2D eigenvalue weighted by molar-refractivity contribution is 6.70. The number of nitriles is 1. The molecule has 0 N–H and O–H groups in total. The van der Waals surface area contributed by atoms with Crippen LogP contribution in [0.15, 0.2) is 18.2 Å². The molecule has 0 saturated heterocycles. The summed E-state index contributed by atoms with van der Waals surface area (Å²) in [4.78, 5) is 0. The molecule has 0 aliphatic heterocycles. The zero-order valence-corrected chi connectivity index (χ0v) is 9.47. The summed E-state index contributed by atoms with van der Waals surface area (Å²) in [6, 6.07) is 6.09. The van der Waals surface area contributed by atoms with Crippen LogP contribution < -0.4 is 4.43 Å². The molecular weight excluding hydrogens is 197 g/mol. The van der Waals surface area contributed by atoms with Crippen LogP contribution in [0.1, 0.15) is 5.56 Å². The van der Waals surface area contributed by atoms with Crippen molar-refractivity contribution in [1.82, 2.24) is 0 Å². The Bertz CT molecular complexity index is 379. The van der Waals surface area contributed by atoms with Crippen molar-refractivity contribution in [3.8, 4) is 11.8 Å². The maximum Gasteiger partial charge on any atom is 0.242 e. The van der Waals surface area contributed by atoms with Crippen LogP contribution in [0.2, 0.25) is 19.6 Å². The van der Waals surface area contributed by atoms with Gasteiger partial charge in [0.15, 0.2) is 0 Å². The Balaban J connectivity index is 2.94. The molecule has 74 valence electrons. The van der Waals surface area contributed by atoms with Gasteiger partial charge in [0.2, 0.25) is 8.32 Å². The van der Waals surface area contributed by atoms with Crippen molar-refractivity contribution in [2.45, 2.75) is 19.6 Å². The summed E-state index contributed by atoms with van der Waals surface area (Å²) in [5.74, 6) is -0.0242. The van der Waals surface area contributed by atoms with Crippen molar-refractivity contribution in [3.63, 3.8) is 0 Å². The van der Waals surface area contributed by atoms with Crippen LogP contribution in [0.3, 0.4) is 0 Å². The molecule has 0 unspecified atom stereocenters. The molecule has 0 amide bonds. The van der Waals surface area contributed by atoms with Crippen LogP contribution in [-0.4, -0.2) is 8.32 Å². The summed E-state index contributed by atoms with van der Waals surface area (Å²) in [6.45, 7) is 6.05. The van der Waals surface area contributed by atoms with E-state index in [2.05, 4.69) is 0 Å². The number of benzene rings is 1. The zero-order valence-electron chi connectivity index (χ0n) is 8.47. The van der Waals surface area contributed by atoms with Gasteiger partial charge in [-0.1, -0.05) is 0 Å². The number of hydrogen-bond donors (Lipinski definition) is 0. The van der Waals surface area contributed by atoms with Crippen LogP contribution in [0.5, 0.6) is 5.75 Å². The summed E-state index contributed by atoms with van der Waals surface area (Å²) in [6.07, 6.45) is 0. The number of nitrogens with zero attached hydrogens (tertiary/aromatic N) is 1. The largest absolute Gasteiger partial charge is 0.544 e. The lowest BCUT2D eigenvalue weighted by Crippen LogP contribution is -2.29. The van der Waals surface area contributed by atoms with Crippen molar-refractivity contribution >= 4 is 8.32 Å². The molecule has 0 radical (unpaired) electrons. The first kappa shape index (κ1) is 10.7. The molecule has 14 heavy (non-hydrogen) atoms. The van der Waals surface area contributed by atoms with Crippen LogP contribution in [0.25, 0.3) is 0 Å². The first-order chi connectivity index (χ1) is 6.42. The summed E-state index contributed by atoms with van der Waals surface area (Å²) >= 11 is 0. The van der Waals surface area contributed by atoms with Crippen LogP contribution in [0.4, 0.5) is 4.39 Å². The van der Waals surface area contributed by atoms with Gasteiger partial charge in [0, 0.05) is 6.07 Å². The third-order valence-electron chi connectivity index (χ3n) is 1.49. The molecule has 0 atom stereocenters. The van der Waals surface area contributed by atoms with E-state index in [1.165, 1.54) is 12.1 Å². The monoisotopic (exact) mass is 209 g/mol. The molecule has 1 aromatic carbocycles. The molecule has 0 aliphatic carbocycles. The van der Waals surface area contributed by atoms with Crippen molar-refractivity contribution in [1.29, 1.82) is 5.26 Å². The lowest BCUT2D eigenvalue weighted by Gasteiger charge is -2.18. The first-order valence-corrected chi connectivity index (χ1v) is 7.72. The summed E-state index contributed by atoms with van der Waals surface area (Å²) in [5.41, 5.74) is 0.0490. The minimum atomic E-state index is -1.70. The average molecular weight is 209 g/mol. The van der Waals surface area contributed by atoms with E-state index in [-0.39, 0.29) is 5.56 Å². The Kier molecular flexibility index (Phi) is 2.92. The second kappa shape index (κ2) is 3.80. The third kappa shape index (κ3) is 2.86. The Morgan fingerprint density at radius 2 is 2.00 bits per heavy atom. The van der Waals surface area contributed by atoms with Crippen molar-refractivity contribution in [2.24, 2.45) is 0 Å². The summed E-state index contributed by atoms with van der Waals surface area (Å²) in [5, 5.41) is 8.52. The van der Waals surface area contributed by atoms with Gasteiger partial charge in [-0.05, 0) is 31.8 Å². The Morgan fingerprint density at radius 3 is 2.43 bits per heavy atom. The van der Waals surface area contributed by atoms with E-state index in [0.717, 1.165) is 0 Å². The Labute approximate surface area is 84.1 Å². The summed E-state index contributed by atoms with van der Waals surface area (Å²) < 4.78 is 18.7. The van der Waals surface area contributed by atoms with E-state index >= 15 is 0 Å². The Hall–Kier alpha value is -1.34. The van der Waals surface area contributed by atoms with Gasteiger partial charge in [-0.2, -0.15) is 5.26 Å². The topological polar surface area (TPSA) is 33.0 Å². The first-order valence-electron chi connectivity index (χ1n) is 4.31. The van der Waals surface area contributed by atoms with Gasteiger partial charge in [-0.3, -0.25) is 0 Å². The van der Waals surface area contributed by atoms with Gasteiger partial charge in [-0.15, -0.1) is 0 Å². The molecule has 2 nitrogen and oxygen atoms in total. The molecule has 1 rings (SSSR count). The molecule has 0 aliphatic rings. The van der Waals surface area contributed by atoms with Gasteiger partial charge in [0.05, 0.1) is 5.56 Å². The quantitative estimate of drug-likeness (QED) is 0.702. The zero-order chi connectivity index (χ0) is 10.8. The van der Waals surface area contributed by atoms with E-state index in [9.17, 15) is 4.39 Å². The second-order valence-electron chi connectivity index (χ2n) is 3.97. The fraction of sp³-hybridized carbons (Fsp3) is 0.300. The minimum absolute atomic E-state index is 0.0490. The molecule has 0 saturated carbocycles. The van der Waals surface area contributed by atoms with Gasteiger partial charge in [0.25, 0.3) is 0 Å². The molecule has 4 heteroatoms. The molecule has 0 heterocycles. The highest BCUT2D eigenvalue weighted by Gasteiger charge is 2.16. The normalized spacial score (nSPS) is 10.8.